The van der Waals surface area contributed by atoms with Gasteiger partial charge in [0.2, 0.25) is 5.89 Å². The predicted octanol–water partition coefficient (Wildman–Crippen LogP) is 4.02. The standard InChI is InChI=1S/C26H24F3N7O4/c1-14(37)19(11-30)25(38)34-8-6-18(7-9-34)36-20-5-3-16(27)10-21(20)35(26(36)39)13-17-4-2-15(12-31-17)23-32-33-24(40-23)22(28)29/h2-5,10-12,18,22,30,37H,6-9,13H2,1H3/b19-14+,30-11?. The topological polar surface area (TPSA) is 143 Å². The number of rotatable bonds is 7. The molecule has 0 aliphatic carbocycles. The number of alkyl halides is 2. The van der Waals surface area contributed by atoms with Gasteiger partial charge in [-0.05, 0) is 50.1 Å². The molecule has 40 heavy (non-hydrogen) atoms. The first-order valence-corrected chi connectivity index (χ1v) is 12.3. The highest BCUT2D eigenvalue weighted by molar-refractivity contribution is 6.11. The van der Waals surface area contributed by atoms with E-state index in [-0.39, 0.29) is 35.5 Å². The molecule has 3 aromatic heterocycles. The fourth-order valence-electron chi connectivity index (χ4n) is 4.82. The quantitative estimate of drug-likeness (QED) is 0.199. The van der Waals surface area contributed by atoms with Crippen LogP contribution in [0.15, 0.2) is 57.1 Å². The number of nitrogens with zero attached hydrogens (tertiary/aromatic N) is 6. The number of aliphatic hydroxyl groups excluding tert-OH is 1. The summed E-state index contributed by atoms with van der Waals surface area (Å²) >= 11 is 0. The van der Waals surface area contributed by atoms with Crippen molar-refractivity contribution in [3.8, 4) is 11.5 Å². The molecule has 1 aromatic carbocycles. The Morgan fingerprint density at radius 2 is 1.95 bits per heavy atom. The van der Waals surface area contributed by atoms with Crippen molar-refractivity contribution in [1.82, 2.24) is 29.2 Å². The van der Waals surface area contributed by atoms with Gasteiger partial charge in [-0.1, -0.05) is 0 Å². The zero-order valence-electron chi connectivity index (χ0n) is 21.2. The van der Waals surface area contributed by atoms with Gasteiger partial charge in [0, 0.05) is 31.5 Å². The molecule has 2 N–H and O–H groups in total. The van der Waals surface area contributed by atoms with Crippen LogP contribution >= 0.6 is 0 Å². The summed E-state index contributed by atoms with van der Waals surface area (Å²) in [5, 5.41) is 24.0. The lowest BCUT2D eigenvalue weighted by Gasteiger charge is -2.32. The summed E-state index contributed by atoms with van der Waals surface area (Å²) in [6, 6.07) is 6.95. The maximum absolute atomic E-state index is 14.2. The van der Waals surface area contributed by atoms with Gasteiger partial charge >= 0.3 is 12.1 Å². The van der Waals surface area contributed by atoms with Gasteiger partial charge in [0.05, 0.1) is 34.4 Å². The number of halogens is 3. The Kier molecular flexibility index (Phi) is 7.24. The predicted molar refractivity (Wildman–Crippen MR) is 137 cm³/mol. The van der Waals surface area contributed by atoms with Crippen LogP contribution in [0, 0.1) is 11.2 Å². The van der Waals surface area contributed by atoms with Crippen LogP contribution in [0.2, 0.25) is 0 Å². The number of nitrogens with one attached hydrogen (secondary N) is 1. The maximum Gasteiger partial charge on any atom is 0.329 e. The molecule has 11 nitrogen and oxygen atoms in total. The Bertz CT molecular complexity index is 1660. The molecular formula is C26H24F3N7O4. The Labute approximate surface area is 224 Å². The number of imidazole rings is 1. The fraction of sp³-hybridized carbons (Fsp3) is 0.308. The summed E-state index contributed by atoms with van der Waals surface area (Å²) in [6.45, 7) is 1.97. The minimum Gasteiger partial charge on any atom is -0.512 e. The molecule has 5 rings (SSSR count). The number of piperidine rings is 1. The van der Waals surface area contributed by atoms with Crippen molar-refractivity contribution in [3.63, 3.8) is 0 Å². The number of carbonyl (C=O) groups is 1. The first kappa shape index (κ1) is 26.8. The van der Waals surface area contributed by atoms with Gasteiger partial charge < -0.3 is 19.8 Å². The average molecular weight is 556 g/mol. The molecule has 0 saturated carbocycles. The van der Waals surface area contributed by atoms with Crippen LogP contribution in [0.25, 0.3) is 22.5 Å². The molecule has 1 amide bonds. The van der Waals surface area contributed by atoms with Crippen LogP contribution in [-0.4, -0.2) is 59.5 Å². The van der Waals surface area contributed by atoms with Crippen LogP contribution in [0.4, 0.5) is 13.2 Å². The van der Waals surface area contributed by atoms with Crippen LogP contribution in [0.5, 0.6) is 0 Å². The van der Waals surface area contributed by atoms with Crippen LogP contribution in [0.3, 0.4) is 0 Å². The van der Waals surface area contributed by atoms with Crippen LogP contribution in [-0.2, 0) is 11.3 Å². The number of allylic oxidation sites excluding steroid dienone is 1. The number of likely N-dealkylation sites (tertiary alicyclic amines) is 1. The van der Waals surface area contributed by atoms with Gasteiger partial charge in [-0.2, -0.15) is 8.78 Å². The van der Waals surface area contributed by atoms with E-state index in [9.17, 15) is 27.9 Å². The van der Waals surface area contributed by atoms with Crippen molar-refractivity contribution in [2.45, 2.75) is 38.8 Å². The van der Waals surface area contributed by atoms with Crippen molar-refractivity contribution in [3.05, 3.63) is 75.7 Å². The van der Waals surface area contributed by atoms with E-state index < -0.39 is 24.0 Å². The molecule has 0 bridgehead atoms. The molecule has 0 atom stereocenters. The molecule has 1 saturated heterocycles. The summed E-state index contributed by atoms with van der Waals surface area (Å²) < 4.78 is 47.7. The van der Waals surface area contributed by atoms with Crippen LogP contribution in [0.1, 0.15) is 43.8 Å². The largest absolute Gasteiger partial charge is 0.512 e. The van der Waals surface area contributed by atoms with Gasteiger partial charge in [0.15, 0.2) is 0 Å². The third-order valence-electron chi connectivity index (χ3n) is 6.83. The van der Waals surface area contributed by atoms with E-state index in [0.29, 0.717) is 48.2 Å². The molecule has 1 aliphatic rings. The lowest BCUT2D eigenvalue weighted by molar-refractivity contribution is -0.128. The summed E-state index contributed by atoms with van der Waals surface area (Å²) in [5.74, 6) is -2.12. The number of carbonyl (C=O) groups excluding carboxylic acids is 1. The smallest absolute Gasteiger partial charge is 0.329 e. The Balaban J connectivity index is 1.41. The van der Waals surface area contributed by atoms with Crippen molar-refractivity contribution in [2.24, 2.45) is 0 Å². The number of amides is 1. The monoisotopic (exact) mass is 555 g/mol. The van der Waals surface area contributed by atoms with E-state index >= 15 is 0 Å². The highest BCUT2D eigenvalue weighted by Gasteiger charge is 2.29. The SMILES string of the molecule is C/C(O)=C(/C=N)C(=O)N1CCC(n2c(=O)n(Cc3ccc(-c4nnc(C(F)F)o4)cn3)c3cc(F)ccc32)CC1. The Morgan fingerprint density at radius 3 is 2.55 bits per heavy atom. The summed E-state index contributed by atoms with van der Waals surface area (Å²) in [6.07, 6.45) is 0.164. The number of benzene rings is 1. The van der Waals surface area contributed by atoms with E-state index in [0.717, 1.165) is 6.21 Å². The molecule has 4 aromatic rings. The van der Waals surface area contributed by atoms with Crippen LogP contribution < -0.4 is 5.69 Å². The molecule has 14 heteroatoms. The second-order valence-corrected chi connectivity index (χ2v) is 9.32. The third-order valence-corrected chi connectivity index (χ3v) is 6.83. The number of pyridine rings is 1. The molecule has 0 unspecified atom stereocenters. The number of hydrogen-bond acceptors (Lipinski definition) is 8. The normalized spacial score (nSPS) is 15.1. The molecule has 1 fully saturated rings. The van der Waals surface area contributed by atoms with E-state index in [1.54, 1.807) is 16.7 Å². The summed E-state index contributed by atoms with van der Waals surface area (Å²) in [5.41, 5.74) is 1.22. The molecule has 0 spiro atoms. The molecule has 0 radical (unpaired) electrons. The molecule has 1 aliphatic heterocycles. The van der Waals surface area contributed by atoms with E-state index in [2.05, 4.69) is 15.2 Å². The highest BCUT2D eigenvalue weighted by atomic mass is 19.3. The lowest BCUT2D eigenvalue weighted by Crippen LogP contribution is -2.42. The van der Waals surface area contributed by atoms with Crippen molar-refractivity contribution in [2.75, 3.05) is 13.1 Å². The second kappa shape index (κ2) is 10.8. The zero-order valence-corrected chi connectivity index (χ0v) is 21.2. The van der Waals surface area contributed by atoms with Crippen molar-refractivity contribution < 1.29 is 27.5 Å². The summed E-state index contributed by atoms with van der Waals surface area (Å²) in [7, 11) is 0. The number of aromatic nitrogens is 5. The lowest BCUT2D eigenvalue weighted by atomic mass is 10.0. The van der Waals surface area contributed by atoms with Gasteiger partial charge in [0.1, 0.15) is 11.6 Å². The first-order valence-electron chi connectivity index (χ1n) is 12.3. The zero-order chi connectivity index (χ0) is 28.6. The molecule has 208 valence electrons. The average Bonchev–Trinajstić information content (AvgIpc) is 3.53. The highest BCUT2D eigenvalue weighted by Crippen LogP contribution is 2.28. The van der Waals surface area contributed by atoms with E-state index in [1.807, 2.05) is 0 Å². The van der Waals surface area contributed by atoms with Crippen molar-refractivity contribution in [1.29, 1.82) is 5.41 Å². The number of aliphatic hydroxyl groups is 1. The maximum atomic E-state index is 14.2. The number of hydrogen-bond donors (Lipinski definition) is 2. The molecular weight excluding hydrogens is 531 g/mol. The van der Waals surface area contributed by atoms with Gasteiger partial charge in [-0.25, -0.2) is 9.18 Å². The minimum atomic E-state index is -2.90. The second-order valence-electron chi connectivity index (χ2n) is 9.32. The molecule has 4 heterocycles. The Hall–Kier alpha value is -4.75. The van der Waals surface area contributed by atoms with Gasteiger partial charge in [0.25, 0.3) is 11.8 Å². The Morgan fingerprint density at radius 1 is 1.20 bits per heavy atom. The van der Waals surface area contributed by atoms with E-state index in [1.165, 1.54) is 40.8 Å². The number of fused-ring (bicyclic) bond motifs is 1. The van der Waals surface area contributed by atoms with E-state index in [4.69, 9.17) is 9.83 Å². The first-order chi connectivity index (χ1) is 19.2. The van der Waals surface area contributed by atoms with Gasteiger partial charge in [-0.3, -0.25) is 18.9 Å². The third kappa shape index (κ3) is 4.99. The van der Waals surface area contributed by atoms with Gasteiger partial charge in [-0.15, -0.1) is 10.2 Å². The summed E-state index contributed by atoms with van der Waals surface area (Å²) in [4.78, 5) is 32.1. The van der Waals surface area contributed by atoms with Crippen molar-refractivity contribution >= 4 is 23.2 Å². The minimum absolute atomic E-state index is 0.0127. The fourth-order valence-corrected chi connectivity index (χ4v) is 4.82.